The first-order chi connectivity index (χ1) is 9.58. The van der Waals surface area contributed by atoms with Crippen molar-refractivity contribution in [2.75, 3.05) is 32.1 Å². The summed E-state index contributed by atoms with van der Waals surface area (Å²) >= 11 is 3.39. The van der Waals surface area contributed by atoms with Gasteiger partial charge in [0.15, 0.2) is 0 Å². The van der Waals surface area contributed by atoms with E-state index < -0.39 is 0 Å². The van der Waals surface area contributed by atoms with Gasteiger partial charge in [0, 0.05) is 18.1 Å². The monoisotopic (exact) mass is 339 g/mol. The molecule has 0 atom stereocenters. The van der Waals surface area contributed by atoms with Crippen LogP contribution in [0.15, 0.2) is 22.7 Å². The number of ether oxygens (including phenoxy) is 1. The lowest BCUT2D eigenvalue weighted by Crippen LogP contribution is -2.32. The summed E-state index contributed by atoms with van der Waals surface area (Å²) in [6.45, 7) is 3.07. The molecule has 0 aliphatic rings. The average molecular weight is 340 g/mol. The Morgan fingerprint density at radius 3 is 2.95 bits per heavy atom. The first kappa shape index (κ1) is 16.3. The predicted octanol–water partition coefficient (Wildman–Crippen LogP) is 2.63. The maximum Gasteiger partial charge on any atom is 0.241 e. The standard InChI is InChI=1S/C14H18BrN3O2/c1-3-20-13-6-5-11(15)9-12(13)17-10-14(19)18(2)8-4-7-16/h5-6,9,17H,3-4,8,10H2,1-2H3. The molecule has 0 heterocycles. The molecule has 0 fully saturated rings. The zero-order chi connectivity index (χ0) is 15.0. The Morgan fingerprint density at radius 2 is 2.30 bits per heavy atom. The molecule has 1 amide bonds. The van der Waals surface area contributed by atoms with Gasteiger partial charge in [0.2, 0.25) is 5.91 Å². The van der Waals surface area contributed by atoms with Crippen LogP contribution in [0.3, 0.4) is 0 Å². The van der Waals surface area contributed by atoms with Crippen molar-refractivity contribution in [3.05, 3.63) is 22.7 Å². The molecule has 1 rings (SSSR count). The quantitative estimate of drug-likeness (QED) is 0.829. The normalized spacial score (nSPS) is 9.70. The van der Waals surface area contributed by atoms with Crippen LogP contribution in [0.2, 0.25) is 0 Å². The summed E-state index contributed by atoms with van der Waals surface area (Å²) in [6, 6.07) is 7.62. The number of halogens is 1. The highest BCUT2D eigenvalue weighted by atomic mass is 79.9. The second kappa shape index (κ2) is 8.43. The molecule has 0 radical (unpaired) electrons. The van der Waals surface area contributed by atoms with Crippen molar-refractivity contribution < 1.29 is 9.53 Å². The number of nitrogens with one attached hydrogen (secondary N) is 1. The van der Waals surface area contributed by atoms with Crippen molar-refractivity contribution in [3.63, 3.8) is 0 Å². The molecule has 1 N–H and O–H groups in total. The van der Waals surface area contributed by atoms with E-state index in [2.05, 4.69) is 21.2 Å². The Kier molecular flexibility index (Phi) is 6.88. The minimum atomic E-state index is -0.0670. The first-order valence-corrected chi connectivity index (χ1v) is 7.15. The zero-order valence-corrected chi connectivity index (χ0v) is 13.2. The molecule has 0 bridgehead atoms. The number of amides is 1. The molecule has 0 unspecified atom stereocenters. The van der Waals surface area contributed by atoms with Crippen molar-refractivity contribution in [1.29, 1.82) is 5.26 Å². The Balaban J connectivity index is 2.62. The van der Waals surface area contributed by atoms with Crippen molar-refractivity contribution in [2.45, 2.75) is 13.3 Å². The number of anilines is 1. The smallest absolute Gasteiger partial charge is 0.241 e. The summed E-state index contributed by atoms with van der Waals surface area (Å²) in [4.78, 5) is 13.4. The lowest BCUT2D eigenvalue weighted by atomic mass is 10.3. The average Bonchev–Trinajstić information content (AvgIpc) is 2.44. The lowest BCUT2D eigenvalue weighted by molar-refractivity contribution is -0.127. The summed E-state index contributed by atoms with van der Waals surface area (Å²) in [5, 5.41) is 11.6. The van der Waals surface area contributed by atoms with Gasteiger partial charge in [-0.1, -0.05) is 15.9 Å². The van der Waals surface area contributed by atoms with Gasteiger partial charge < -0.3 is 15.0 Å². The number of benzene rings is 1. The van der Waals surface area contributed by atoms with Gasteiger partial charge in [-0.3, -0.25) is 4.79 Å². The Bertz CT molecular complexity index is 500. The van der Waals surface area contributed by atoms with Gasteiger partial charge in [0.25, 0.3) is 0 Å². The minimum absolute atomic E-state index is 0.0670. The maximum absolute atomic E-state index is 11.9. The number of rotatable bonds is 7. The first-order valence-electron chi connectivity index (χ1n) is 6.35. The van der Waals surface area contributed by atoms with Crippen LogP contribution in [-0.2, 0) is 4.79 Å². The van der Waals surface area contributed by atoms with E-state index >= 15 is 0 Å². The van der Waals surface area contributed by atoms with Crippen LogP contribution in [-0.4, -0.2) is 37.6 Å². The fourth-order valence-electron chi connectivity index (χ4n) is 1.57. The third-order valence-electron chi connectivity index (χ3n) is 2.66. The molecule has 0 aromatic heterocycles. The van der Waals surface area contributed by atoms with Crippen LogP contribution in [0.5, 0.6) is 5.75 Å². The second-order valence-electron chi connectivity index (χ2n) is 4.15. The molecule has 0 aliphatic carbocycles. The fraction of sp³-hybridized carbons (Fsp3) is 0.429. The number of carbonyl (C=O) groups is 1. The number of carbonyl (C=O) groups excluding carboxylic acids is 1. The van der Waals surface area contributed by atoms with Crippen molar-refractivity contribution in [2.24, 2.45) is 0 Å². The third-order valence-corrected chi connectivity index (χ3v) is 3.15. The van der Waals surface area contributed by atoms with Crippen molar-refractivity contribution in [1.82, 2.24) is 4.90 Å². The number of likely N-dealkylation sites (N-methyl/N-ethyl adjacent to an activating group) is 1. The molecule has 20 heavy (non-hydrogen) atoms. The largest absolute Gasteiger partial charge is 0.492 e. The molecule has 6 heteroatoms. The van der Waals surface area contributed by atoms with E-state index in [1.54, 1.807) is 7.05 Å². The lowest BCUT2D eigenvalue weighted by Gasteiger charge is -2.17. The highest BCUT2D eigenvalue weighted by molar-refractivity contribution is 9.10. The van der Waals surface area contributed by atoms with E-state index in [1.807, 2.05) is 31.2 Å². The molecule has 0 saturated heterocycles. The topological polar surface area (TPSA) is 65.4 Å². The maximum atomic E-state index is 11.9. The molecule has 108 valence electrons. The van der Waals surface area contributed by atoms with Gasteiger partial charge in [0.05, 0.1) is 31.3 Å². The molecule has 5 nitrogen and oxygen atoms in total. The van der Waals surface area contributed by atoms with Gasteiger partial charge in [-0.2, -0.15) is 5.26 Å². The van der Waals surface area contributed by atoms with Crippen LogP contribution in [0.4, 0.5) is 5.69 Å². The SMILES string of the molecule is CCOc1ccc(Br)cc1NCC(=O)N(C)CCC#N. The molecule has 0 saturated carbocycles. The third kappa shape index (κ3) is 5.10. The number of nitrogens with zero attached hydrogens (tertiary/aromatic N) is 2. The van der Waals surface area contributed by atoms with Gasteiger partial charge in [-0.05, 0) is 25.1 Å². The highest BCUT2D eigenvalue weighted by Gasteiger charge is 2.10. The van der Waals surface area contributed by atoms with Crippen LogP contribution >= 0.6 is 15.9 Å². The van der Waals surface area contributed by atoms with Crippen molar-refractivity contribution in [3.8, 4) is 11.8 Å². The summed E-state index contributed by atoms with van der Waals surface area (Å²) in [7, 11) is 1.69. The summed E-state index contributed by atoms with van der Waals surface area (Å²) in [6.07, 6.45) is 0.337. The highest BCUT2D eigenvalue weighted by Crippen LogP contribution is 2.28. The van der Waals surface area contributed by atoms with E-state index in [4.69, 9.17) is 10.00 Å². The molecule has 0 aliphatic heterocycles. The second-order valence-corrected chi connectivity index (χ2v) is 5.07. The summed E-state index contributed by atoms with van der Waals surface area (Å²) in [5.74, 6) is 0.644. The van der Waals surface area contributed by atoms with E-state index in [1.165, 1.54) is 4.90 Å². The van der Waals surface area contributed by atoms with E-state index in [-0.39, 0.29) is 12.5 Å². The van der Waals surface area contributed by atoms with Gasteiger partial charge in [0.1, 0.15) is 5.75 Å². The van der Waals surface area contributed by atoms with Crippen molar-refractivity contribution >= 4 is 27.5 Å². The summed E-state index contributed by atoms with van der Waals surface area (Å²) in [5.41, 5.74) is 0.767. The molecular weight excluding hydrogens is 322 g/mol. The fourth-order valence-corrected chi connectivity index (χ4v) is 1.93. The van der Waals surface area contributed by atoms with Crippen LogP contribution in [0.25, 0.3) is 0 Å². The molecular formula is C14H18BrN3O2. The predicted molar refractivity (Wildman–Crippen MR) is 81.7 cm³/mol. The van der Waals surface area contributed by atoms with Gasteiger partial charge in [-0.25, -0.2) is 0 Å². The van der Waals surface area contributed by atoms with Crippen LogP contribution in [0.1, 0.15) is 13.3 Å². The van der Waals surface area contributed by atoms with E-state index in [0.29, 0.717) is 25.3 Å². The van der Waals surface area contributed by atoms with Gasteiger partial charge >= 0.3 is 0 Å². The molecule has 0 spiro atoms. The van der Waals surface area contributed by atoms with Crippen LogP contribution in [0, 0.1) is 11.3 Å². The van der Waals surface area contributed by atoms with Gasteiger partial charge in [-0.15, -0.1) is 0 Å². The zero-order valence-electron chi connectivity index (χ0n) is 11.6. The minimum Gasteiger partial charge on any atom is -0.492 e. The Hall–Kier alpha value is -1.74. The Morgan fingerprint density at radius 1 is 1.55 bits per heavy atom. The van der Waals surface area contributed by atoms with Crippen LogP contribution < -0.4 is 10.1 Å². The molecule has 1 aromatic carbocycles. The number of hydrogen-bond acceptors (Lipinski definition) is 4. The molecule has 1 aromatic rings. The van der Waals surface area contributed by atoms with E-state index in [9.17, 15) is 4.79 Å². The summed E-state index contributed by atoms with van der Waals surface area (Å²) < 4.78 is 6.41. The number of hydrogen-bond donors (Lipinski definition) is 1. The number of nitriles is 1. The Labute approximate surface area is 127 Å². The van der Waals surface area contributed by atoms with E-state index in [0.717, 1.165) is 10.2 Å².